The Kier molecular flexibility index (Phi) is 11.1. The molecule has 0 radical (unpaired) electrons. The topological polar surface area (TPSA) is 61.8 Å². The van der Waals surface area contributed by atoms with Crippen LogP contribution in [-0.4, -0.2) is 25.2 Å². The number of rotatable bonds is 14. The van der Waals surface area contributed by atoms with Gasteiger partial charge < -0.3 is 14.2 Å². The van der Waals surface area contributed by atoms with Crippen molar-refractivity contribution < 1.29 is 23.8 Å². The van der Waals surface area contributed by atoms with Gasteiger partial charge in [0.1, 0.15) is 11.5 Å². The molecule has 0 aromatic heterocycles. The zero-order valence-corrected chi connectivity index (χ0v) is 19.2. The zero-order chi connectivity index (χ0) is 23.2. The van der Waals surface area contributed by atoms with Crippen molar-refractivity contribution >= 4 is 11.9 Å². The van der Waals surface area contributed by atoms with Crippen molar-refractivity contribution in [1.29, 1.82) is 0 Å². The first kappa shape index (κ1) is 25.2. The maximum Gasteiger partial charge on any atom is 0.343 e. The monoisotopic (exact) mass is 438 g/mol. The first-order valence-corrected chi connectivity index (χ1v) is 11.4. The summed E-state index contributed by atoms with van der Waals surface area (Å²) in [5, 5.41) is 0. The quantitative estimate of drug-likeness (QED) is 0.143. The summed E-state index contributed by atoms with van der Waals surface area (Å²) in [7, 11) is 0. The van der Waals surface area contributed by atoms with E-state index in [1.807, 2.05) is 13.0 Å². The van der Waals surface area contributed by atoms with Crippen LogP contribution in [0.1, 0.15) is 73.1 Å². The third kappa shape index (κ3) is 8.96. The Labute approximate surface area is 191 Å². The lowest BCUT2D eigenvalue weighted by Crippen LogP contribution is -2.12. The smallest absolute Gasteiger partial charge is 0.343 e. The van der Waals surface area contributed by atoms with E-state index in [0.29, 0.717) is 36.0 Å². The van der Waals surface area contributed by atoms with E-state index < -0.39 is 5.97 Å². The molecule has 0 aliphatic heterocycles. The highest BCUT2D eigenvalue weighted by atomic mass is 16.5. The van der Waals surface area contributed by atoms with E-state index in [1.54, 1.807) is 48.5 Å². The molecular weight excluding hydrogens is 404 g/mol. The van der Waals surface area contributed by atoms with Crippen molar-refractivity contribution in [2.75, 3.05) is 13.2 Å². The molecule has 32 heavy (non-hydrogen) atoms. The van der Waals surface area contributed by atoms with Crippen molar-refractivity contribution in [2.45, 2.75) is 52.4 Å². The minimum atomic E-state index is -0.467. The van der Waals surface area contributed by atoms with Crippen LogP contribution in [0.3, 0.4) is 0 Å². The van der Waals surface area contributed by atoms with E-state index in [1.165, 1.54) is 12.8 Å². The fourth-order valence-corrected chi connectivity index (χ4v) is 2.87. The summed E-state index contributed by atoms with van der Waals surface area (Å²) < 4.78 is 16.4. The van der Waals surface area contributed by atoms with Gasteiger partial charge in [-0.1, -0.05) is 39.2 Å². The molecular formula is C27H34O5. The number of benzene rings is 2. The molecule has 0 bridgehead atoms. The Hall–Kier alpha value is -3.08. The lowest BCUT2D eigenvalue weighted by molar-refractivity contribution is 0.0447. The van der Waals surface area contributed by atoms with Crippen LogP contribution >= 0.6 is 0 Å². The third-order valence-electron chi connectivity index (χ3n) is 5.16. The van der Waals surface area contributed by atoms with Gasteiger partial charge in [0, 0.05) is 0 Å². The predicted molar refractivity (Wildman–Crippen MR) is 126 cm³/mol. The van der Waals surface area contributed by atoms with Gasteiger partial charge in [-0.25, -0.2) is 9.59 Å². The van der Waals surface area contributed by atoms with Crippen LogP contribution in [0.5, 0.6) is 11.5 Å². The Morgan fingerprint density at radius 1 is 0.875 bits per heavy atom. The van der Waals surface area contributed by atoms with Gasteiger partial charge in [-0.2, -0.15) is 0 Å². The van der Waals surface area contributed by atoms with Crippen LogP contribution < -0.4 is 9.47 Å². The highest BCUT2D eigenvalue weighted by molar-refractivity contribution is 5.92. The predicted octanol–water partition coefficient (Wildman–Crippen LogP) is 6.62. The van der Waals surface area contributed by atoms with E-state index >= 15 is 0 Å². The van der Waals surface area contributed by atoms with Gasteiger partial charge in [0.25, 0.3) is 0 Å². The molecule has 1 unspecified atom stereocenters. The molecule has 0 aliphatic carbocycles. The van der Waals surface area contributed by atoms with Crippen LogP contribution in [0.4, 0.5) is 0 Å². The van der Waals surface area contributed by atoms with E-state index in [-0.39, 0.29) is 5.97 Å². The molecule has 0 saturated carbocycles. The first-order valence-electron chi connectivity index (χ1n) is 11.4. The van der Waals surface area contributed by atoms with E-state index in [0.717, 1.165) is 31.4 Å². The normalized spacial score (nSPS) is 11.4. The van der Waals surface area contributed by atoms with Gasteiger partial charge in [0.15, 0.2) is 0 Å². The zero-order valence-electron chi connectivity index (χ0n) is 19.2. The van der Waals surface area contributed by atoms with Crippen molar-refractivity contribution in [2.24, 2.45) is 5.92 Å². The fraction of sp³-hybridized carbons (Fsp3) is 0.407. The minimum Gasteiger partial charge on any atom is -0.494 e. The molecule has 5 nitrogen and oxygen atoms in total. The fourth-order valence-electron chi connectivity index (χ4n) is 2.87. The number of ether oxygens (including phenoxy) is 3. The third-order valence-corrected chi connectivity index (χ3v) is 5.16. The van der Waals surface area contributed by atoms with Crippen molar-refractivity contribution in [3.63, 3.8) is 0 Å². The largest absolute Gasteiger partial charge is 0.494 e. The van der Waals surface area contributed by atoms with Crippen molar-refractivity contribution in [3.8, 4) is 11.5 Å². The maximum atomic E-state index is 12.4. The van der Waals surface area contributed by atoms with E-state index in [2.05, 4.69) is 13.5 Å². The summed E-state index contributed by atoms with van der Waals surface area (Å²) in [5.41, 5.74) is 0.856. The SMILES string of the molecule is C=CCCCCCCOc1ccc(C(=O)Oc2ccc(C(=O)OCC(C)CC)cc2)cc1. The second-order valence-corrected chi connectivity index (χ2v) is 7.89. The van der Waals surface area contributed by atoms with Gasteiger partial charge in [0.05, 0.1) is 24.3 Å². The lowest BCUT2D eigenvalue weighted by Gasteiger charge is -2.10. The average molecular weight is 439 g/mol. The highest BCUT2D eigenvalue weighted by Crippen LogP contribution is 2.18. The van der Waals surface area contributed by atoms with Crippen LogP contribution in [0.2, 0.25) is 0 Å². The molecule has 0 aliphatic rings. The molecule has 0 spiro atoms. The number of unbranched alkanes of at least 4 members (excludes halogenated alkanes) is 4. The van der Waals surface area contributed by atoms with E-state index in [9.17, 15) is 9.59 Å². The number of carbonyl (C=O) groups excluding carboxylic acids is 2. The number of carbonyl (C=O) groups is 2. The molecule has 0 amide bonds. The number of allylic oxidation sites excluding steroid dienone is 1. The number of esters is 2. The molecule has 2 aromatic rings. The van der Waals surface area contributed by atoms with Crippen LogP contribution in [0.25, 0.3) is 0 Å². The molecule has 0 saturated heterocycles. The van der Waals surface area contributed by atoms with Crippen LogP contribution in [0.15, 0.2) is 61.2 Å². The molecule has 1 atom stereocenters. The Balaban J connectivity index is 1.77. The summed E-state index contributed by atoms with van der Waals surface area (Å²) in [6.45, 7) is 8.85. The van der Waals surface area contributed by atoms with Crippen LogP contribution in [0, 0.1) is 5.92 Å². The standard InChI is InChI=1S/C27H34O5/c1-4-6-7-8-9-10-19-30-24-15-11-23(12-16-24)27(29)32-25-17-13-22(14-18-25)26(28)31-20-21(3)5-2/h4,11-18,21H,1,5-10,19-20H2,2-3H3. The van der Waals surface area contributed by atoms with Crippen molar-refractivity contribution in [1.82, 2.24) is 0 Å². The Bertz CT molecular complexity index is 839. The summed E-state index contributed by atoms with van der Waals surface area (Å²) in [4.78, 5) is 24.4. The van der Waals surface area contributed by atoms with Crippen molar-refractivity contribution in [3.05, 3.63) is 72.3 Å². The number of hydrogen-bond acceptors (Lipinski definition) is 5. The first-order chi connectivity index (χ1) is 15.5. The average Bonchev–Trinajstić information content (AvgIpc) is 2.82. The Morgan fingerprint density at radius 2 is 1.47 bits per heavy atom. The van der Waals surface area contributed by atoms with Gasteiger partial charge in [-0.05, 0) is 73.7 Å². The van der Waals surface area contributed by atoms with Gasteiger partial charge in [-0.15, -0.1) is 6.58 Å². The summed E-state index contributed by atoms with van der Waals surface area (Å²) in [6.07, 6.45) is 8.45. The molecule has 0 heterocycles. The molecule has 2 rings (SSSR count). The van der Waals surface area contributed by atoms with Gasteiger partial charge in [-0.3, -0.25) is 0 Å². The molecule has 0 fully saturated rings. The lowest BCUT2D eigenvalue weighted by atomic mass is 10.1. The minimum absolute atomic E-state index is 0.323. The molecule has 5 heteroatoms. The second kappa shape index (κ2) is 14.1. The molecule has 172 valence electrons. The van der Waals surface area contributed by atoms with Gasteiger partial charge >= 0.3 is 11.9 Å². The molecule has 0 N–H and O–H groups in total. The summed E-state index contributed by atoms with van der Waals surface area (Å²) in [6, 6.07) is 13.3. The summed E-state index contributed by atoms with van der Waals surface area (Å²) >= 11 is 0. The number of hydrogen-bond donors (Lipinski definition) is 0. The van der Waals surface area contributed by atoms with Gasteiger partial charge in [0.2, 0.25) is 0 Å². The second-order valence-electron chi connectivity index (χ2n) is 7.89. The maximum absolute atomic E-state index is 12.4. The Morgan fingerprint density at radius 3 is 2.09 bits per heavy atom. The summed E-state index contributed by atoms with van der Waals surface area (Å²) in [5.74, 6) is 0.572. The van der Waals surface area contributed by atoms with Crippen LogP contribution in [-0.2, 0) is 4.74 Å². The highest BCUT2D eigenvalue weighted by Gasteiger charge is 2.12. The van der Waals surface area contributed by atoms with E-state index in [4.69, 9.17) is 14.2 Å². The molecule has 2 aromatic carbocycles.